The Morgan fingerprint density at radius 1 is 1.24 bits per heavy atom. The first-order chi connectivity index (χ1) is 10.1. The summed E-state index contributed by atoms with van der Waals surface area (Å²) in [5.74, 6) is -0.0923. The minimum Gasteiger partial charge on any atom is -0.399 e. The van der Waals surface area contributed by atoms with Crippen LogP contribution in [0, 0.1) is 0 Å². The van der Waals surface area contributed by atoms with Crippen molar-refractivity contribution in [3.8, 4) is 0 Å². The molecule has 110 valence electrons. The number of nitrogens with two attached hydrogens (primary N) is 1. The van der Waals surface area contributed by atoms with Crippen LogP contribution in [0.1, 0.15) is 29.4 Å². The van der Waals surface area contributed by atoms with Crippen LogP contribution in [0.25, 0.3) is 0 Å². The van der Waals surface area contributed by atoms with Crippen molar-refractivity contribution in [1.82, 2.24) is 9.88 Å². The molecular weight excluding hydrogens is 286 g/mol. The molecule has 2 rings (SSSR count). The molecule has 0 saturated heterocycles. The number of benzene rings is 1. The van der Waals surface area contributed by atoms with Crippen LogP contribution in [0.5, 0.6) is 0 Å². The fourth-order valence-corrected chi connectivity index (χ4v) is 2.14. The number of aromatic nitrogens is 1. The molecule has 0 radical (unpaired) electrons. The second kappa shape index (κ2) is 7.09. The lowest BCUT2D eigenvalue weighted by Gasteiger charge is -2.22. The summed E-state index contributed by atoms with van der Waals surface area (Å²) in [5.41, 5.74) is 7.84. The van der Waals surface area contributed by atoms with Gasteiger partial charge >= 0.3 is 0 Å². The summed E-state index contributed by atoms with van der Waals surface area (Å²) >= 11 is 5.80. The van der Waals surface area contributed by atoms with Crippen LogP contribution in [-0.4, -0.2) is 22.3 Å². The Kier molecular flexibility index (Phi) is 5.17. The number of nitrogens with zero attached hydrogens (tertiary/aromatic N) is 2. The molecule has 1 aromatic carbocycles. The second-order valence-corrected chi connectivity index (χ2v) is 5.27. The van der Waals surface area contributed by atoms with Gasteiger partial charge in [0.05, 0.1) is 5.02 Å². The molecule has 1 aromatic heterocycles. The molecule has 0 aliphatic rings. The largest absolute Gasteiger partial charge is 0.399 e. The Morgan fingerprint density at radius 2 is 1.95 bits per heavy atom. The molecule has 2 aromatic rings. The van der Waals surface area contributed by atoms with E-state index in [1.54, 1.807) is 17.0 Å². The van der Waals surface area contributed by atoms with Crippen molar-refractivity contribution in [2.45, 2.75) is 19.9 Å². The van der Waals surface area contributed by atoms with Crippen LogP contribution in [0.2, 0.25) is 5.02 Å². The Labute approximate surface area is 129 Å². The van der Waals surface area contributed by atoms with Crippen molar-refractivity contribution in [3.63, 3.8) is 0 Å². The van der Waals surface area contributed by atoms with Crippen molar-refractivity contribution in [1.29, 1.82) is 0 Å². The second-order valence-electron chi connectivity index (χ2n) is 4.83. The Hall–Kier alpha value is -2.07. The van der Waals surface area contributed by atoms with E-state index in [0.717, 1.165) is 12.0 Å². The summed E-state index contributed by atoms with van der Waals surface area (Å²) in [6.07, 6.45) is 2.37. The first-order valence-corrected chi connectivity index (χ1v) is 7.23. The molecular formula is C16H18ClN3O. The number of nitrogen functional groups attached to an aromatic ring is 1. The van der Waals surface area contributed by atoms with Crippen LogP contribution in [0.4, 0.5) is 5.69 Å². The highest BCUT2D eigenvalue weighted by Crippen LogP contribution is 2.13. The van der Waals surface area contributed by atoms with E-state index in [-0.39, 0.29) is 5.91 Å². The molecule has 1 amide bonds. The third-order valence-electron chi connectivity index (χ3n) is 3.08. The van der Waals surface area contributed by atoms with Gasteiger partial charge in [0, 0.05) is 25.0 Å². The monoisotopic (exact) mass is 303 g/mol. The fourth-order valence-electron chi connectivity index (χ4n) is 2.03. The molecule has 0 aliphatic carbocycles. The van der Waals surface area contributed by atoms with E-state index in [0.29, 0.717) is 29.5 Å². The lowest BCUT2D eigenvalue weighted by molar-refractivity contribution is 0.0737. The lowest BCUT2D eigenvalue weighted by atomic mass is 10.2. The van der Waals surface area contributed by atoms with Crippen LogP contribution in [-0.2, 0) is 6.54 Å². The van der Waals surface area contributed by atoms with E-state index in [4.69, 9.17) is 17.3 Å². The molecule has 0 atom stereocenters. The molecule has 1 heterocycles. The van der Waals surface area contributed by atoms with Gasteiger partial charge in [-0.2, -0.15) is 0 Å². The average Bonchev–Trinajstić information content (AvgIpc) is 2.49. The predicted molar refractivity (Wildman–Crippen MR) is 85.1 cm³/mol. The lowest BCUT2D eigenvalue weighted by Crippen LogP contribution is -2.31. The SMILES string of the molecule is CCCN(Cc1ccc(N)cc1)C(=O)c1ccc(Cl)cn1. The summed E-state index contributed by atoms with van der Waals surface area (Å²) in [7, 11) is 0. The topological polar surface area (TPSA) is 59.2 Å². The molecule has 0 fully saturated rings. The molecule has 2 N–H and O–H groups in total. The van der Waals surface area contributed by atoms with Crippen molar-refractivity contribution < 1.29 is 4.79 Å². The quantitative estimate of drug-likeness (QED) is 0.862. The van der Waals surface area contributed by atoms with E-state index in [1.807, 2.05) is 31.2 Å². The van der Waals surface area contributed by atoms with Crippen LogP contribution in [0.15, 0.2) is 42.6 Å². The van der Waals surface area contributed by atoms with Gasteiger partial charge in [-0.15, -0.1) is 0 Å². The minimum atomic E-state index is -0.0923. The molecule has 4 nitrogen and oxygen atoms in total. The van der Waals surface area contributed by atoms with E-state index in [9.17, 15) is 4.79 Å². The Bertz CT molecular complexity index is 596. The fraction of sp³-hybridized carbons (Fsp3) is 0.250. The maximum absolute atomic E-state index is 12.5. The molecule has 0 saturated carbocycles. The molecule has 0 aliphatic heterocycles. The molecule has 21 heavy (non-hydrogen) atoms. The van der Waals surface area contributed by atoms with Gasteiger partial charge in [-0.3, -0.25) is 4.79 Å². The van der Waals surface area contributed by atoms with E-state index in [2.05, 4.69) is 4.98 Å². The van der Waals surface area contributed by atoms with Crippen LogP contribution in [0.3, 0.4) is 0 Å². The number of amides is 1. The number of hydrogen-bond acceptors (Lipinski definition) is 3. The number of pyridine rings is 1. The maximum atomic E-state index is 12.5. The van der Waals surface area contributed by atoms with Crippen LogP contribution < -0.4 is 5.73 Å². The zero-order chi connectivity index (χ0) is 15.2. The molecule has 5 heteroatoms. The molecule has 0 spiro atoms. The maximum Gasteiger partial charge on any atom is 0.272 e. The smallest absolute Gasteiger partial charge is 0.272 e. The Balaban J connectivity index is 2.15. The van der Waals surface area contributed by atoms with Gasteiger partial charge in [-0.05, 0) is 36.2 Å². The molecule has 0 unspecified atom stereocenters. The average molecular weight is 304 g/mol. The highest BCUT2D eigenvalue weighted by Gasteiger charge is 2.16. The number of halogens is 1. The highest BCUT2D eigenvalue weighted by molar-refractivity contribution is 6.30. The van der Waals surface area contributed by atoms with Gasteiger partial charge in [0.2, 0.25) is 0 Å². The summed E-state index contributed by atoms with van der Waals surface area (Å²) in [6.45, 7) is 3.25. The summed E-state index contributed by atoms with van der Waals surface area (Å²) in [4.78, 5) is 18.4. The third-order valence-corrected chi connectivity index (χ3v) is 3.30. The number of rotatable bonds is 5. The van der Waals surface area contributed by atoms with Crippen molar-refractivity contribution >= 4 is 23.2 Å². The summed E-state index contributed by atoms with van der Waals surface area (Å²) in [5, 5.41) is 0.520. The third kappa shape index (κ3) is 4.20. The van der Waals surface area contributed by atoms with Gasteiger partial charge in [-0.1, -0.05) is 30.7 Å². The summed E-state index contributed by atoms with van der Waals surface area (Å²) in [6, 6.07) is 10.9. The zero-order valence-corrected chi connectivity index (χ0v) is 12.7. The van der Waals surface area contributed by atoms with Gasteiger partial charge in [0.1, 0.15) is 5.69 Å². The van der Waals surface area contributed by atoms with Crippen LogP contribution >= 0.6 is 11.6 Å². The Morgan fingerprint density at radius 3 is 2.52 bits per heavy atom. The van der Waals surface area contributed by atoms with Crippen molar-refractivity contribution in [2.75, 3.05) is 12.3 Å². The van der Waals surface area contributed by atoms with Crippen molar-refractivity contribution in [3.05, 3.63) is 58.9 Å². The van der Waals surface area contributed by atoms with E-state index >= 15 is 0 Å². The van der Waals surface area contributed by atoms with Gasteiger partial charge < -0.3 is 10.6 Å². The first-order valence-electron chi connectivity index (χ1n) is 6.85. The standard InChI is InChI=1S/C16H18ClN3O/c1-2-9-20(11-12-3-6-14(18)7-4-12)16(21)15-8-5-13(17)10-19-15/h3-8,10H,2,9,11,18H2,1H3. The van der Waals surface area contributed by atoms with Gasteiger partial charge in [-0.25, -0.2) is 4.98 Å². The van der Waals surface area contributed by atoms with Gasteiger partial charge in [0.15, 0.2) is 0 Å². The highest BCUT2D eigenvalue weighted by atomic mass is 35.5. The van der Waals surface area contributed by atoms with Crippen molar-refractivity contribution in [2.24, 2.45) is 0 Å². The zero-order valence-electron chi connectivity index (χ0n) is 11.9. The van der Waals surface area contributed by atoms with E-state index < -0.39 is 0 Å². The van der Waals surface area contributed by atoms with Gasteiger partial charge in [0.25, 0.3) is 5.91 Å². The number of anilines is 1. The molecule has 0 bridgehead atoms. The summed E-state index contributed by atoms with van der Waals surface area (Å²) < 4.78 is 0. The number of hydrogen-bond donors (Lipinski definition) is 1. The van der Waals surface area contributed by atoms with E-state index in [1.165, 1.54) is 6.20 Å². The first kappa shape index (κ1) is 15.3. The normalized spacial score (nSPS) is 10.4. The number of carbonyl (C=O) groups excluding carboxylic acids is 1. The minimum absolute atomic E-state index is 0.0923. The number of carbonyl (C=O) groups is 1. The predicted octanol–water partition coefficient (Wildman–Crippen LogP) is 3.37.